The highest BCUT2D eigenvalue weighted by molar-refractivity contribution is 6.30. The van der Waals surface area contributed by atoms with Gasteiger partial charge in [-0.15, -0.1) is 10.2 Å². The van der Waals surface area contributed by atoms with Gasteiger partial charge in [-0.25, -0.2) is 0 Å². The number of amides is 1. The quantitative estimate of drug-likeness (QED) is 0.915. The van der Waals surface area contributed by atoms with Crippen LogP contribution in [0.25, 0.3) is 0 Å². The zero-order chi connectivity index (χ0) is 16.1. The maximum atomic E-state index is 12.1. The summed E-state index contributed by atoms with van der Waals surface area (Å²) in [6.07, 6.45) is 3.13. The lowest BCUT2D eigenvalue weighted by molar-refractivity contribution is 0.0948. The molecule has 0 spiro atoms. The number of hydrogen-bond acceptors (Lipinski definition) is 4. The van der Waals surface area contributed by atoms with Crippen molar-refractivity contribution in [1.82, 2.24) is 15.5 Å². The number of rotatable bonds is 5. The molecule has 120 valence electrons. The predicted molar refractivity (Wildman–Crippen MR) is 91.0 cm³/mol. The summed E-state index contributed by atoms with van der Waals surface area (Å²) in [5.41, 5.74) is 1.48. The number of anilines is 1. The van der Waals surface area contributed by atoms with Crippen molar-refractivity contribution in [2.75, 3.05) is 24.5 Å². The maximum absolute atomic E-state index is 12.1. The van der Waals surface area contributed by atoms with E-state index in [1.54, 1.807) is 6.07 Å². The molecule has 0 aliphatic carbocycles. The van der Waals surface area contributed by atoms with Gasteiger partial charge in [-0.05, 0) is 49.1 Å². The summed E-state index contributed by atoms with van der Waals surface area (Å²) in [6.45, 7) is 2.58. The first-order valence-corrected chi connectivity index (χ1v) is 8.21. The number of nitrogens with zero attached hydrogens (tertiary/aromatic N) is 3. The van der Waals surface area contributed by atoms with Crippen LogP contribution in [0, 0.1) is 0 Å². The number of aromatic nitrogens is 2. The van der Waals surface area contributed by atoms with Gasteiger partial charge in [0.15, 0.2) is 11.5 Å². The van der Waals surface area contributed by atoms with Gasteiger partial charge in [0.05, 0.1) is 0 Å². The average Bonchev–Trinajstić information content (AvgIpc) is 3.11. The number of carbonyl (C=O) groups excluding carboxylic acids is 1. The fraction of sp³-hybridized carbons (Fsp3) is 0.353. The number of hydrogen-bond donors (Lipinski definition) is 1. The van der Waals surface area contributed by atoms with Crippen LogP contribution in [0.3, 0.4) is 0 Å². The molecule has 1 aromatic heterocycles. The van der Waals surface area contributed by atoms with Crippen LogP contribution < -0.4 is 10.2 Å². The minimum absolute atomic E-state index is 0.195. The molecule has 23 heavy (non-hydrogen) atoms. The lowest BCUT2D eigenvalue weighted by Gasteiger charge is -2.15. The number of nitrogens with one attached hydrogen (secondary N) is 1. The van der Waals surface area contributed by atoms with Gasteiger partial charge < -0.3 is 10.2 Å². The first-order chi connectivity index (χ1) is 11.2. The van der Waals surface area contributed by atoms with Gasteiger partial charge in [0.25, 0.3) is 5.91 Å². The topological polar surface area (TPSA) is 58.1 Å². The molecular weight excluding hydrogens is 312 g/mol. The molecule has 0 radical (unpaired) electrons. The highest BCUT2D eigenvalue weighted by Gasteiger charge is 2.15. The van der Waals surface area contributed by atoms with E-state index in [4.69, 9.17) is 11.6 Å². The number of halogens is 1. The molecule has 0 bridgehead atoms. The van der Waals surface area contributed by atoms with Crippen LogP contribution in [0.4, 0.5) is 5.82 Å². The molecule has 3 rings (SSSR count). The Bertz CT molecular complexity index is 651. The molecule has 0 saturated carbocycles. The van der Waals surface area contributed by atoms with E-state index in [-0.39, 0.29) is 5.91 Å². The number of benzene rings is 1. The zero-order valence-electron chi connectivity index (χ0n) is 12.8. The van der Waals surface area contributed by atoms with E-state index in [1.807, 2.05) is 30.3 Å². The fourth-order valence-corrected chi connectivity index (χ4v) is 2.75. The van der Waals surface area contributed by atoms with E-state index in [2.05, 4.69) is 20.4 Å². The van der Waals surface area contributed by atoms with E-state index in [9.17, 15) is 4.79 Å². The Morgan fingerprint density at radius 1 is 1.09 bits per heavy atom. The Balaban J connectivity index is 1.50. The molecule has 1 aliphatic rings. The third-order valence-corrected chi connectivity index (χ3v) is 4.18. The van der Waals surface area contributed by atoms with Crippen LogP contribution in [-0.4, -0.2) is 35.7 Å². The third kappa shape index (κ3) is 4.20. The SMILES string of the molecule is O=C(NCCc1ccc(Cl)cc1)c1ccc(N2CCCC2)nn1. The Morgan fingerprint density at radius 2 is 1.83 bits per heavy atom. The van der Waals surface area contributed by atoms with Crippen molar-refractivity contribution in [2.24, 2.45) is 0 Å². The highest BCUT2D eigenvalue weighted by atomic mass is 35.5. The summed E-state index contributed by atoms with van der Waals surface area (Å²) < 4.78 is 0. The van der Waals surface area contributed by atoms with E-state index < -0.39 is 0 Å². The van der Waals surface area contributed by atoms with E-state index in [0.29, 0.717) is 17.3 Å². The smallest absolute Gasteiger partial charge is 0.271 e. The van der Waals surface area contributed by atoms with E-state index in [1.165, 1.54) is 12.8 Å². The molecule has 1 N–H and O–H groups in total. The van der Waals surface area contributed by atoms with Gasteiger partial charge in [0.2, 0.25) is 0 Å². The van der Waals surface area contributed by atoms with Crippen molar-refractivity contribution in [2.45, 2.75) is 19.3 Å². The summed E-state index contributed by atoms with van der Waals surface area (Å²) in [6, 6.07) is 11.2. The van der Waals surface area contributed by atoms with Crippen molar-refractivity contribution in [3.63, 3.8) is 0 Å². The van der Waals surface area contributed by atoms with Gasteiger partial charge >= 0.3 is 0 Å². The molecule has 5 nitrogen and oxygen atoms in total. The van der Waals surface area contributed by atoms with Gasteiger partial charge in [0.1, 0.15) is 0 Å². The van der Waals surface area contributed by atoms with Crippen molar-refractivity contribution in [3.8, 4) is 0 Å². The Hall–Kier alpha value is -2.14. The summed E-state index contributed by atoms with van der Waals surface area (Å²) >= 11 is 5.85. The molecule has 0 atom stereocenters. The van der Waals surface area contributed by atoms with Crippen molar-refractivity contribution in [3.05, 3.63) is 52.7 Å². The first kappa shape index (κ1) is 15.7. The molecule has 1 amide bonds. The Labute approximate surface area is 140 Å². The van der Waals surface area contributed by atoms with Crippen LogP contribution >= 0.6 is 11.6 Å². The fourth-order valence-electron chi connectivity index (χ4n) is 2.62. The molecule has 0 unspecified atom stereocenters. The Kier molecular flexibility index (Phi) is 5.08. The average molecular weight is 331 g/mol. The first-order valence-electron chi connectivity index (χ1n) is 7.84. The largest absolute Gasteiger partial charge is 0.355 e. The maximum Gasteiger partial charge on any atom is 0.271 e. The van der Waals surface area contributed by atoms with Gasteiger partial charge in [-0.3, -0.25) is 4.79 Å². The Morgan fingerprint density at radius 3 is 2.48 bits per heavy atom. The van der Waals surface area contributed by atoms with Crippen LogP contribution in [0.1, 0.15) is 28.9 Å². The molecule has 1 fully saturated rings. The molecule has 1 saturated heterocycles. The lowest BCUT2D eigenvalue weighted by atomic mass is 10.1. The van der Waals surface area contributed by atoms with Crippen molar-refractivity contribution in [1.29, 1.82) is 0 Å². The monoisotopic (exact) mass is 330 g/mol. The molecule has 2 aromatic rings. The van der Waals surface area contributed by atoms with Crippen LogP contribution in [0.15, 0.2) is 36.4 Å². The van der Waals surface area contributed by atoms with Gasteiger partial charge in [-0.2, -0.15) is 0 Å². The minimum atomic E-state index is -0.195. The third-order valence-electron chi connectivity index (χ3n) is 3.93. The summed E-state index contributed by atoms with van der Waals surface area (Å²) in [5.74, 6) is 0.652. The van der Waals surface area contributed by atoms with Crippen LogP contribution in [-0.2, 0) is 6.42 Å². The highest BCUT2D eigenvalue weighted by Crippen LogP contribution is 2.16. The molecule has 1 aromatic carbocycles. The van der Waals surface area contributed by atoms with Crippen LogP contribution in [0.2, 0.25) is 5.02 Å². The molecule has 2 heterocycles. The lowest BCUT2D eigenvalue weighted by Crippen LogP contribution is -2.27. The van der Waals surface area contributed by atoms with Gasteiger partial charge in [0, 0.05) is 24.7 Å². The van der Waals surface area contributed by atoms with Crippen molar-refractivity contribution >= 4 is 23.3 Å². The molecule has 6 heteroatoms. The second-order valence-electron chi connectivity index (χ2n) is 5.60. The predicted octanol–water partition coefficient (Wildman–Crippen LogP) is 2.70. The van der Waals surface area contributed by atoms with Crippen molar-refractivity contribution < 1.29 is 4.79 Å². The normalized spacial score (nSPS) is 14.0. The second kappa shape index (κ2) is 7.42. The summed E-state index contributed by atoms with van der Waals surface area (Å²) in [5, 5.41) is 11.8. The van der Waals surface area contributed by atoms with E-state index in [0.717, 1.165) is 30.9 Å². The van der Waals surface area contributed by atoms with E-state index >= 15 is 0 Å². The number of carbonyl (C=O) groups is 1. The summed E-state index contributed by atoms with van der Waals surface area (Å²) in [4.78, 5) is 14.3. The summed E-state index contributed by atoms with van der Waals surface area (Å²) in [7, 11) is 0. The standard InChI is InChI=1S/C17H19ClN4O/c18-14-5-3-13(4-6-14)9-10-19-17(23)15-7-8-16(21-20-15)22-11-1-2-12-22/h3-8H,1-2,9-12H2,(H,19,23). The minimum Gasteiger partial charge on any atom is -0.355 e. The van der Waals surface area contributed by atoms with Gasteiger partial charge in [-0.1, -0.05) is 23.7 Å². The second-order valence-corrected chi connectivity index (χ2v) is 6.04. The molecular formula is C17H19ClN4O. The van der Waals surface area contributed by atoms with Crippen LogP contribution in [0.5, 0.6) is 0 Å². The zero-order valence-corrected chi connectivity index (χ0v) is 13.6. The molecule has 1 aliphatic heterocycles.